The molecular formula is C22H18BrClN4O3. The monoisotopic (exact) mass is 500 g/mol. The Hall–Kier alpha value is -3.10. The Bertz CT molecular complexity index is 1240. The van der Waals surface area contributed by atoms with E-state index in [9.17, 15) is 4.79 Å². The summed E-state index contributed by atoms with van der Waals surface area (Å²) in [6.07, 6.45) is 3.08. The third-order valence-electron chi connectivity index (χ3n) is 4.75. The molecule has 1 N–H and O–H groups in total. The van der Waals surface area contributed by atoms with Gasteiger partial charge in [0, 0.05) is 30.6 Å². The van der Waals surface area contributed by atoms with Crippen LogP contribution in [0.2, 0.25) is 5.15 Å². The van der Waals surface area contributed by atoms with E-state index in [0.29, 0.717) is 44.8 Å². The van der Waals surface area contributed by atoms with Crippen LogP contribution >= 0.6 is 27.5 Å². The Morgan fingerprint density at radius 1 is 1.13 bits per heavy atom. The zero-order valence-electron chi connectivity index (χ0n) is 16.7. The van der Waals surface area contributed by atoms with E-state index in [0.717, 1.165) is 5.56 Å². The SMILES string of the molecule is COc1cc(NC(=O)c2cn(Cc3ccccc3)c3c(Cl)ncnc23)cc(OC)c1Br. The molecular weight excluding hydrogens is 484 g/mol. The minimum atomic E-state index is -0.335. The second-order valence-corrected chi connectivity index (χ2v) is 7.82. The van der Waals surface area contributed by atoms with E-state index in [1.807, 2.05) is 34.9 Å². The molecule has 0 fully saturated rings. The van der Waals surface area contributed by atoms with Crippen molar-refractivity contribution >= 4 is 50.2 Å². The number of nitrogens with one attached hydrogen (secondary N) is 1. The Kier molecular flexibility index (Phi) is 6.11. The molecule has 1 amide bonds. The first-order valence-corrected chi connectivity index (χ1v) is 10.4. The van der Waals surface area contributed by atoms with Gasteiger partial charge in [-0.2, -0.15) is 0 Å². The summed E-state index contributed by atoms with van der Waals surface area (Å²) >= 11 is 9.79. The minimum absolute atomic E-state index is 0.284. The predicted molar refractivity (Wildman–Crippen MR) is 123 cm³/mol. The van der Waals surface area contributed by atoms with Gasteiger partial charge in [0.1, 0.15) is 33.3 Å². The lowest BCUT2D eigenvalue weighted by molar-refractivity contribution is 0.102. The molecule has 0 aliphatic carbocycles. The molecule has 0 aliphatic rings. The summed E-state index contributed by atoms with van der Waals surface area (Å²) in [6, 6.07) is 13.3. The zero-order chi connectivity index (χ0) is 22.0. The molecule has 158 valence electrons. The number of carbonyl (C=O) groups is 1. The summed E-state index contributed by atoms with van der Waals surface area (Å²) in [5.74, 6) is 0.732. The van der Waals surface area contributed by atoms with Crippen LogP contribution in [0.4, 0.5) is 5.69 Å². The highest BCUT2D eigenvalue weighted by Crippen LogP contribution is 2.37. The van der Waals surface area contributed by atoms with Gasteiger partial charge in [0.2, 0.25) is 0 Å². The molecule has 2 aromatic carbocycles. The van der Waals surface area contributed by atoms with Crippen LogP contribution in [0.25, 0.3) is 11.0 Å². The fraction of sp³-hybridized carbons (Fsp3) is 0.136. The van der Waals surface area contributed by atoms with Gasteiger partial charge in [0.05, 0.1) is 19.8 Å². The lowest BCUT2D eigenvalue weighted by atomic mass is 10.2. The van der Waals surface area contributed by atoms with Crippen molar-refractivity contribution in [3.63, 3.8) is 0 Å². The number of amides is 1. The second-order valence-electron chi connectivity index (χ2n) is 6.67. The third kappa shape index (κ3) is 4.22. The predicted octanol–water partition coefficient (Wildman–Crippen LogP) is 5.17. The number of carbonyl (C=O) groups excluding carboxylic acids is 1. The van der Waals surface area contributed by atoms with Crippen molar-refractivity contribution in [1.82, 2.24) is 14.5 Å². The first kappa shape index (κ1) is 21.1. The van der Waals surface area contributed by atoms with E-state index < -0.39 is 0 Å². The van der Waals surface area contributed by atoms with Gasteiger partial charge in [-0.25, -0.2) is 9.97 Å². The number of hydrogen-bond acceptors (Lipinski definition) is 5. The molecule has 2 aromatic heterocycles. The molecule has 0 radical (unpaired) electrons. The molecule has 2 heterocycles. The summed E-state index contributed by atoms with van der Waals surface area (Å²) in [7, 11) is 3.09. The Morgan fingerprint density at radius 3 is 2.45 bits per heavy atom. The molecule has 0 bridgehead atoms. The van der Waals surface area contributed by atoms with Gasteiger partial charge < -0.3 is 19.4 Å². The minimum Gasteiger partial charge on any atom is -0.495 e. The third-order valence-corrected chi connectivity index (χ3v) is 5.81. The van der Waals surface area contributed by atoms with E-state index in [4.69, 9.17) is 21.1 Å². The summed E-state index contributed by atoms with van der Waals surface area (Å²) in [4.78, 5) is 21.6. The fourth-order valence-corrected chi connectivity index (χ4v) is 4.10. The highest BCUT2D eigenvalue weighted by molar-refractivity contribution is 9.10. The van der Waals surface area contributed by atoms with Crippen molar-refractivity contribution in [2.45, 2.75) is 6.54 Å². The van der Waals surface area contributed by atoms with Crippen LogP contribution in [-0.2, 0) is 6.54 Å². The highest BCUT2D eigenvalue weighted by Gasteiger charge is 2.20. The lowest BCUT2D eigenvalue weighted by Gasteiger charge is -2.12. The van der Waals surface area contributed by atoms with Gasteiger partial charge in [-0.05, 0) is 21.5 Å². The van der Waals surface area contributed by atoms with Gasteiger partial charge in [-0.3, -0.25) is 4.79 Å². The second kappa shape index (κ2) is 8.95. The van der Waals surface area contributed by atoms with Crippen LogP contribution in [0, 0.1) is 0 Å². The van der Waals surface area contributed by atoms with E-state index >= 15 is 0 Å². The standard InChI is InChI=1S/C22H18BrClN4O3/c1-30-16-8-14(9-17(31-2)18(16)23)27-22(29)15-11-28(10-13-6-4-3-5-7-13)20-19(15)25-12-26-21(20)24/h3-9,11-12H,10H2,1-2H3,(H,27,29). The number of aromatic nitrogens is 3. The summed E-state index contributed by atoms with van der Waals surface area (Å²) in [6.45, 7) is 0.525. The average Bonchev–Trinajstić information content (AvgIpc) is 3.15. The van der Waals surface area contributed by atoms with E-state index in [-0.39, 0.29) is 11.1 Å². The number of ether oxygens (including phenoxy) is 2. The van der Waals surface area contributed by atoms with Gasteiger partial charge in [-0.15, -0.1) is 0 Å². The van der Waals surface area contributed by atoms with Gasteiger partial charge in [-0.1, -0.05) is 41.9 Å². The summed E-state index contributed by atoms with van der Waals surface area (Å²) in [5.41, 5.74) is 3.05. The quantitative estimate of drug-likeness (QED) is 0.369. The molecule has 0 saturated carbocycles. The van der Waals surface area contributed by atoms with Crippen molar-refractivity contribution in [2.75, 3.05) is 19.5 Å². The largest absolute Gasteiger partial charge is 0.495 e. The summed E-state index contributed by atoms with van der Waals surface area (Å²) in [5, 5.41) is 3.17. The maximum absolute atomic E-state index is 13.2. The van der Waals surface area contributed by atoms with Gasteiger partial charge in [0.25, 0.3) is 5.91 Å². The zero-order valence-corrected chi connectivity index (χ0v) is 19.1. The van der Waals surface area contributed by atoms with Crippen molar-refractivity contribution in [3.8, 4) is 11.5 Å². The van der Waals surface area contributed by atoms with E-state index in [1.165, 1.54) is 6.33 Å². The fourth-order valence-electron chi connectivity index (χ4n) is 3.30. The number of nitrogens with zero attached hydrogens (tertiary/aromatic N) is 3. The highest BCUT2D eigenvalue weighted by atomic mass is 79.9. The van der Waals surface area contributed by atoms with Crippen molar-refractivity contribution in [3.05, 3.63) is 75.7 Å². The van der Waals surface area contributed by atoms with Crippen LogP contribution in [0.1, 0.15) is 15.9 Å². The lowest BCUT2D eigenvalue weighted by Crippen LogP contribution is -2.12. The number of halogens is 2. The molecule has 4 rings (SSSR count). The normalized spacial score (nSPS) is 10.8. The van der Waals surface area contributed by atoms with Crippen LogP contribution in [0.15, 0.2) is 59.5 Å². The Morgan fingerprint density at radius 2 is 1.81 bits per heavy atom. The molecule has 0 spiro atoms. The molecule has 31 heavy (non-hydrogen) atoms. The molecule has 9 heteroatoms. The number of fused-ring (bicyclic) bond motifs is 1. The van der Waals surface area contributed by atoms with Crippen LogP contribution in [0.3, 0.4) is 0 Å². The number of anilines is 1. The molecule has 0 aliphatic heterocycles. The van der Waals surface area contributed by atoms with Gasteiger partial charge in [0.15, 0.2) is 5.15 Å². The number of rotatable bonds is 6. The Balaban J connectivity index is 1.73. The maximum atomic E-state index is 13.2. The van der Waals surface area contributed by atoms with Crippen LogP contribution in [0.5, 0.6) is 11.5 Å². The number of methoxy groups -OCH3 is 2. The first-order chi connectivity index (χ1) is 15.0. The van der Waals surface area contributed by atoms with Crippen LogP contribution in [-0.4, -0.2) is 34.7 Å². The van der Waals surface area contributed by atoms with E-state index in [2.05, 4.69) is 31.2 Å². The molecule has 0 atom stereocenters. The van der Waals surface area contributed by atoms with Crippen molar-refractivity contribution in [2.24, 2.45) is 0 Å². The van der Waals surface area contributed by atoms with Crippen LogP contribution < -0.4 is 14.8 Å². The van der Waals surface area contributed by atoms with Gasteiger partial charge >= 0.3 is 0 Å². The van der Waals surface area contributed by atoms with Crippen molar-refractivity contribution in [1.29, 1.82) is 0 Å². The number of hydrogen-bond donors (Lipinski definition) is 1. The maximum Gasteiger partial charge on any atom is 0.259 e. The van der Waals surface area contributed by atoms with Crippen molar-refractivity contribution < 1.29 is 14.3 Å². The van der Waals surface area contributed by atoms with E-state index in [1.54, 1.807) is 32.5 Å². The smallest absolute Gasteiger partial charge is 0.259 e. The summed E-state index contributed by atoms with van der Waals surface area (Å²) < 4.78 is 13.2. The first-order valence-electron chi connectivity index (χ1n) is 9.28. The Labute approximate surface area is 192 Å². The molecule has 0 unspecified atom stereocenters. The molecule has 7 nitrogen and oxygen atoms in total. The topological polar surface area (TPSA) is 78.3 Å². The average molecular weight is 502 g/mol. The number of benzene rings is 2. The molecule has 0 saturated heterocycles. The molecule has 4 aromatic rings.